The van der Waals surface area contributed by atoms with Crippen LogP contribution in [0.5, 0.6) is 11.5 Å². The zero-order chi connectivity index (χ0) is 15.1. The Morgan fingerprint density at radius 2 is 1.91 bits per heavy atom. The van der Waals surface area contributed by atoms with E-state index in [9.17, 15) is 15.0 Å². The molecule has 0 amide bonds. The molecule has 2 aromatic rings. The quantitative estimate of drug-likeness (QED) is 0.784. The van der Waals surface area contributed by atoms with E-state index in [0.29, 0.717) is 29.2 Å². The number of hydrogen-bond acceptors (Lipinski definition) is 5. The normalized spacial score (nSPS) is 34.1. The van der Waals surface area contributed by atoms with Gasteiger partial charge in [-0.1, -0.05) is 0 Å². The number of rotatable bonds is 2. The molecule has 2 saturated carbocycles. The molecule has 2 aliphatic carbocycles. The lowest BCUT2D eigenvalue weighted by Gasteiger charge is -2.32. The van der Waals surface area contributed by atoms with E-state index in [1.165, 1.54) is 18.2 Å². The van der Waals surface area contributed by atoms with Crippen LogP contribution in [-0.4, -0.2) is 22.8 Å². The first kappa shape index (κ1) is 12.3. The maximum Gasteiger partial charge on any atom is 0.227 e. The molecule has 2 unspecified atom stereocenters. The molecule has 2 heterocycles. The highest BCUT2D eigenvalue weighted by Gasteiger charge is 2.86. The number of nitrogens with one attached hydrogen (secondary N) is 1. The summed E-state index contributed by atoms with van der Waals surface area (Å²) in [7, 11) is 0. The molecule has 3 N–H and O–H groups in total. The predicted octanol–water partition coefficient (Wildman–Crippen LogP) is 1.58. The lowest BCUT2D eigenvalue weighted by atomic mass is 9.82. The fraction of sp³-hybridized carbons (Fsp3) is 0.353. The van der Waals surface area contributed by atoms with Gasteiger partial charge in [-0.3, -0.25) is 4.79 Å². The van der Waals surface area contributed by atoms with Crippen molar-refractivity contribution < 1.29 is 14.6 Å². The molecule has 0 radical (unpaired) electrons. The summed E-state index contributed by atoms with van der Waals surface area (Å²) in [6.07, 6.45) is 0.974. The Morgan fingerprint density at radius 1 is 1.18 bits per heavy atom. The molecule has 1 saturated heterocycles. The smallest absolute Gasteiger partial charge is 0.227 e. The summed E-state index contributed by atoms with van der Waals surface area (Å²) in [4.78, 5) is 12.1. The van der Waals surface area contributed by atoms with Crippen LogP contribution in [0.4, 0.5) is 0 Å². The summed E-state index contributed by atoms with van der Waals surface area (Å²) in [5.74, 6) is 1.82. The van der Waals surface area contributed by atoms with Gasteiger partial charge in [0.1, 0.15) is 11.5 Å². The molecule has 3 fully saturated rings. The van der Waals surface area contributed by atoms with Crippen LogP contribution in [-0.2, 0) is 5.41 Å². The molecule has 5 heteroatoms. The molecular weight excluding hydrogens is 282 g/mol. The molecule has 0 bridgehead atoms. The van der Waals surface area contributed by atoms with Gasteiger partial charge in [-0.2, -0.15) is 0 Å². The van der Waals surface area contributed by atoms with Crippen molar-refractivity contribution in [2.24, 2.45) is 11.8 Å². The number of aromatic hydroxyl groups is 2. The fourth-order valence-corrected chi connectivity index (χ4v) is 4.34. The van der Waals surface area contributed by atoms with E-state index in [0.717, 1.165) is 13.0 Å². The van der Waals surface area contributed by atoms with Crippen LogP contribution in [0.3, 0.4) is 0 Å². The van der Waals surface area contributed by atoms with E-state index in [-0.39, 0.29) is 22.7 Å². The first-order valence-corrected chi connectivity index (χ1v) is 7.53. The third kappa shape index (κ3) is 1.35. The molecule has 22 heavy (non-hydrogen) atoms. The zero-order valence-electron chi connectivity index (χ0n) is 11.7. The average Bonchev–Trinajstić information content (AvgIpc) is 3.42. The Kier molecular flexibility index (Phi) is 2.08. The van der Waals surface area contributed by atoms with Gasteiger partial charge in [0.15, 0.2) is 5.76 Å². The molecule has 112 valence electrons. The van der Waals surface area contributed by atoms with Gasteiger partial charge in [0.25, 0.3) is 0 Å². The molecule has 1 aliphatic heterocycles. The zero-order valence-corrected chi connectivity index (χ0v) is 11.7. The molecule has 5 nitrogen and oxygen atoms in total. The monoisotopic (exact) mass is 297 g/mol. The van der Waals surface area contributed by atoms with Gasteiger partial charge in [0.05, 0.1) is 0 Å². The van der Waals surface area contributed by atoms with E-state index >= 15 is 0 Å². The van der Waals surface area contributed by atoms with Crippen LogP contribution < -0.4 is 10.7 Å². The second-order valence-electron chi connectivity index (χ2n) is 6.52. The average molecular weight is 297 g/mol. The number of phenolic OH excluding ortho intramolecular Hbond substituents is 1. The Morgan fingerprint density at radius 3 is 2.59 bits per heavy atom. The van der Waals surface area contributed by atoms with Gasteiger partial charge < -0.3 is 19.9 Å². The van der Waals surface area contributed by atoms with Crippen molar-refractivity contribution in [3.8, 4) is 22.8 Å². The Bertz CT molecular complexity index is 829. The third-order valence-corrected chi connectivity index (χ3v) is 5.53. The highest BCUT2D eigenvalue weighted by molar-refractivity contribution is 5.65. The summed E-state index contributed by atoms with van der Waals surface area (Å²) >= 11 is 0. The van der Waals surface area contributed by atoms with Gasteiger partial charge in [0.2, 0.25) is 11.2 Å². The highest BCUT2D eigenvalue weighted by atomic mass is 16.4. The number of benzene rings is 1. The van der Waals surface area contributed by atoms with Crippen molar-refractivity contribution in [1.82, 2.24) is 5.32 Å². The molecule has 5 rings (SSSR count). The number of phenols is 1. The molecule has 3 aliphatic rings. The Balaban J connectivity index is 1.64. The van der Waals surface area contributed by atoms with Gasteiger partial charge >= 0.3 is 0 Å². The van der Waals surface area contributed by atoms with Crippen molar-refractivity contribution in [3.05, 3.63) is 46.3 Å². The summed E-state index contributed by atoms with van der Waals surface area (Å²) in [6.45, 7) is 0.941. The standard InChI is InChI=1S/C17H15NO4/c19-9-3-1-8(2-4-9)16-15(21)10(20)7-11(22-16)17-5-6-18-14-12(17)13(14)17/h1-4,7,12-14,18-19,21H,5-6H2. The van der Waals surface area contributed by atoms with E-state index in [4.69, 9.17) is 4.42 Å². The summed E-state index contributed by atoms with van der Waals surface area (Å²) in [6, 6.07) is 8.32. The number of hydrogen-bond donors (Lipinski definition) is 3. The van der Waals surface area contributed by atoms with Crippen molar-refractivity contribution in [3.63, 3.8) is 0 Å². The lowest BCUT2D eigenvalue weighted by Crippen LogP contribution is -2.43. The van der Waals surface area contributed by atoms with Crippen LogP contribution in [0.1, 0.15) is 12.2 Å². The van der Waals surface area contributed by atoms with Crippen LogP contribution in [0.2, 0.25) is 0 Å². The molecule has 0 spiro atoms. The SMILES string of the molecule is O=c1cc(C23CCNC4C2C43)oc(-c2ccc(O)cc2)c1O. The van der Waals surface area contributed by atoms with Crippen LogP contribution in [0.15, 0.2) is 39.5 Å². The third-order valence-electron chi connectivity index (χ3n) is 5.53. The molecule has 1 aromatic carbocycles. The first-order chi connectivity index (χ1) is 10.6. The molecular formula is C17H15NO4. The summed E-state index contributed by atoms with van der Waals surface area (Å²) < 4.78 is 5.96. The van der Waals surface area contributed by atoms with Crippen molar-refractivity contribution in [2.45, 2.75) is 17.9 Å². The Labute approximate surface area is 126 Å². The van der Waals surface area contributed by atoms with Crippen LogP contribution in [0.25, 0.3) is 11.3 Å². The second-order valence-corrected chi connectivity index (χ2v) is 6.52. The maximum absolute atomic E-state index is 12.1. The van der Waals surface area contributed by atoms with Gasteiger partial charge in [-0.25, -0.2) is 0 Å². The topological polar surface area (TPSA) is 82.7 Å². The summed E-state index contributed by atoms with van der Waals surface area (Å²) in [5, 5.41) is 22.9. The maximum atomic E-state index is 12.1. The minimum atomic E-state index is -0.403. The van der Waals surface area contributed by atoms with Crippen molar-refractivity contribution in [2.75, 3.05) is 6.54 Å². The van der Waals surface area contributed by atoms with E-state index < -0.39 is 5.43 Å². The van der Waals surface area contributed by atoms with Crippen LogP contribution >= 0.6 is 0 Å². The van der Waals surface area contributed by atoms with Crippen molar-refractivity contribution >= 4 is 0 Å². The number of fused-ring (bicyclic) bond motifs is 2. The van der Waals surface area contributed by atoms with E-state index in [2.05, 4.69) is 5.32 Å². The van der Waals surface area contributed by atoms with E-state index in [1.54, 1.807) is 12.1 Å². The predicted molar refractivity (Wildman–Crippen MR) is 78.8 cm³/mol. The molecule has 1 aromatic heterocycles. The van der Waals surface area contributed by atoms with Gasteiger partial charge in [0, 0.05) is 23.1 Å². The highest BCUT2D eigenvalue weighted by Crippen LogP contribution is 2.80. The van der Waals surface area contributed by atoms with E-state index in [1.807, 2.05) is 0 Å². The minimum absolute atomic E-state index is 0.00838. The minimum Gasteiger partial charge on any atom is -0.508 e. The fourth-order valence-electron chi connectivity index (χ4n) is 4.34. The lowest BCUT2D eigenvalue weighted by molar-refractivity contribution is 0.268. The Hall–Kier alpha value is -2.27. The largest absolute Gasteiger partial charge is 0.508 e. The first-order valence-electron chi connectivity index (χ1n) is 7.53. The number of piperidine rings is 2. The van der Waals surface area contributed by atoms with Crippen LogP contribution in [0, 0.1) is 11.8 Å². The molecule has 2 atom stereocenters. The second kappa shape index (κ2) is 3.73. The summed E-state index contributed by atoms with van der Waals surface area (Å²) in [5.41, 5.74) is 0.194. The van der Waals surface area contributed by atoms with Gasteiger partial charge in [-0.05, 0) is 49.1 Å². The van der Waals surface area contributed by atoms with Crippen molar-refractivity contribution in [1.29, 1.82) is 0 Å². The van der Waals surface area contributed by atoms with Gasteiger partial charge in [-0.15, -0.1) is 0 Å².